The van der Waals surface area contributed by atoms with Crippen molar-refractivity contribution in [2.45, 2.75) is 38.0 Å². The first-order chi connectivity index (χ1) is 15.2. The maximum atomic E-state index is 13.1. The number of rotatable bonds is 1. The highest BCUT2D eigenvalue weighted by atomic mass is 32.2. The van der Waals surface area contributed by atoms with Gasteiger partial charge in [0.25, 0.3) is 15.9 Å². The monoisotopic (exact) mass is 450 g/mol. The van der Waals surface area contributed by atoms with Gasteiger partial charge in [0.1, 0.15) is 0 Å². The molecule has 0 radical (unpaired) electrons. The highest BCUT2D eigenvalue weighted by molar-refractivity contribution is 7.92. The van der Waals surface area contributed by atoms with Gasteiger partial charge in [0.05, 0.1) is 10.6 Å². The molecule has 7 nitrogen and oxygen atoms in total. The second kappa shape index (κ2) is 8.35. The molecular formula is C24H26N4O3S. The molecule has 0 aliphatic carbocycles. The van der Waals surface area contributed by atoms with Crippen LogP contribution in [0, 0.1) is 13.8 Å². The quantitative estimate of drug-likeness (QED) is 0.602. The molecule has 1 aromatic heterocycles. The molecule has 4 bridgehead atoms. The lowest BCUT2D eigenvalue weighted by Gasteiger charge is -2.20. The Kier molecular flexibility index (Phi) is 5.73. The molecular weight excluding hydrogens is 424 g/mol. The molecule has 1 atom stereocenters. The number of nitrogens with zero attached hydrogens (tertiary/aromatic N) is 3. The van der Waals surface area contributed by atoms with Gasteiger partial charge >= 0.3 is 0 Å². The smallest absolute Gasteiger partial charge is 0.264 e. The third-order valence-electron chi connectivity index (χ3n) is 5.85. The Morgan fingerprint density at radius 1 is 1.03 bits per heavy atom. The minimum atomic E-state index is -3.98. The van der Waals surface area contributed by atoms with Crippen molar-refractivity contribution in [3.05, 3.63) is 70.9 Å². The van der Waals surface area contributed by atoms with Crippen LogP contribution in [0.5, 0.6) is 0 Å². The summed E-state index contributed by atoms with van der Waals surface area (Å²) in [6.45, 7) is 6.55. The summed E-state index contributed by atoms with van der Waals surface area (Å²) >= 11 is 0. The van der Waals surface area contributed by atoms with E-state index in [2.05, 4.69) is 14.7 Å². The summed E-state index contributed by atoms with van der Waals surface area (Å²) in [5.74, 6) is -0.206. The summed E-state index contributed by atoms with van der Waals surface area (Å²) in [4.78, 5) is 23.5. The molecule has 32 heavy (non-hydrogen) atoms. The average molecular weight is 451 g/mol. The number of aromatic nitrogens is 2. The fourth-order valence-electron chi connectivity index (χ4n) is 3.94. The van der Waals surface area contributed by atoms with Gasteiger partial charge in [-0.25, -0.2) is 23.1 Å². The molecule has 166 valence electrons. The lowest BCUT2D eigenvalue weighted by atomic mass is 9.97. The Morgan fingerprint density at radius 3 is 2.44 bits per heavy atom. The highest BCUT2D eigenvalue weighted by Crippen LogP contribution is 2.30. The number of amides is 1. The van der Waals surface area contributed by atoms with Crippen LogP contribution in [0.15, 0.2) is 53.4 Å². The first-order valence-electron chi connectivity index (χ1n) is 10.5. The summed E-state index contributed by atoms with van der Waals surface area (Å²) in [5.41, 5.74) is 4.78. The average Bonchev–Trinajstić information content (AvgIpc) is 2.76. The maximum Gasteiger partial charge on any atom is 0.264 e. The van der Waals surface area contributed by atoms with Crippen LogP contribution >= 0.6 is 0 Å². The van der Waals surface area contributed by atoms with Crippen molar-refractivity contribution >= 4 is 21.9 Å². The van der Waals surface area contributed by atoms with Crippen molar-refractivity contribution in [1.29, 1.82) is 0 Å². The van der Waals surface area contributed by atoms with E-state index in [-0.39, 0.29) is 22.7 Å². The fraction of sp³-hybridized carbons (Fsp3) is 0.292. The molecule has 0 saturated carbocycles. The highest BCUT2D eigenvalue weighted by Gasteiger charge is 2.23. The van der Waals surface area contributed by atoms with Crippen LogP contribution in [0.2, 0.25) is 0 Å². The standard InChI is InChI=1S/C24H26N4O3S/c1-15-11-12-28(4)23(29)18-9-6-10-19(13-18)32(30,31)27-24-25-20(15)14-21(26-24)22-16(2)7-5-8-17(22)3/h5-10,13-15H,11-12H2,1-4H3,(H,25,26,27). The second-order valence-corrected chi connectivity index (χ2v) is 10.0. The van der Waals surface area contributed by atoms with Gasteiger partial charge in [-0.1, -0.05) is 31.2 Å². The zero-order chi connectivity index (χ0) is 23.0. The molecule has 2 aromatic carbocycles. The maximum absolute atomic E-state index is 13.1. The SMILES string of the molecule is Cc1cccc(C)c1-c1cc2nc(n1)NS(=O)(=O)c1cccc(c1)C(=O)N(C)CCC2C. The second-order valence-electron chi connectivity index (χ2n) is 8.32. The number of benzene rings is 2. The van der Waals surface area contributed by atoms with Crippen molar-refractivity contribution in [2.24, 2.45) is 0 Å². The normalized spacial score (nSPS) is 18.2. The lowest BCUT2D eigenvalue weighted by molar-refractivity contribution is 0.0791. The number of nitrogens with one attached hydrogen (secondary N) is 1. The Labute approximate surface area is 188 Å². The van der Waals surface area contributed by atoms with Gasteiger partial charge in [-0.3, -0.25) is 4.79 Å². The molecule has 1 aliphatic heterocycles. The first kappa shape index (κ1) is 22.0. The van der Waals surface area contributed by atoms with E-state index < -0.39 is 10.0 Å². The van der Waals surface area contributed by atoms with Crippen LogP contribution in [-0.2, 0) is 10.0 Å². The van der Waals surface area contributed by atoms with Crippen molar-refractivity contribution in [3.63, 3.8) is 0 Å². The molecule has 1 amide bonds. The van der Waals surface area contributed by atoms with Gasteiger partial charge in [0.15, 0.2) is 0 Å². The number of anilines is 1. The number of aryl methyl sites for hydroxylation is 2. The minimum absolute atomic E-state index is 0.00771. The zero-order valence-corrected chi connectivity index (χ0v) is 19.4. The molecule has 4 rings (SSSR count). The van der Waals surface area contributed by atoms with E-state index in [0.29, 0.717) is 24.2 Å². The fourth-order valence-corrected chi connectivity index (χ4v) is 4.93. The van der Waals surface area contributed by atoms with Gasteiger partial charge in [-0.15, -0.1) is 0 Å². The van der Waals surface area contributed by atoms with E-state index in [1.807, 2.05) is 45.0 Å². The van der Waals surface area contributed by atoms with E-state index in [9.17, 15) is 13.2 Å². The number of carbonyl (C=O) groups excluding carboxylic acids is 1. The summed E-state index contributed by atoms with van der Waals surface area (Å²) in [5, 5.41) is 0. The lowest BCUT2D eigenvalue weighted by Crippen LogP contribution is -2.28. The van der Waals surface area contributed by atoms with Gasteiger partial charge < -0.3 is 4.90 Å². The van der Waals surface area contributed by atoms with Crippen LogP contribution in [-0.4, -0.2) is 42.8 Å². The Hall–Kier alpha value is -3.26. The number of sulfonamides is 1. The predicted molar refractivity (Wildman–Crippen MR) is 124 cm³/mol. The van der Waals surface area contributed by atoms with Crippen LogP contribution in [0.3, 0.4) is 0 Å². The van der Waals surface area contributed by atoms with Gasteiger partial charge in [-0.05, 0) is 55.7 Å². The summed E-state index contributed by atoms with van der Waals surface area (Å²) < 4.78 is 28.7. The van der Waals surface area contributed by atoms with Gasteiger partial charge in [0.2, 0.25) is 5.95 Å². The van der Waals surface area contributed by atoms with Crippen molar-refractivity contribution in [1.82, 2.24) is 14.9 Å². The molecule has 8 heteroatoms. The molecule has 0 spiro atoms. The first-order valence-corrected chi connectivity index (χ1v) is 12.0. The third kappa shape index (κ3) is 4.23. The molecule has 1 unspecified atom stereocenters. The molecule has 2 heterocycles. The molecule has 3 aromatic rings. The number of fused-ring (bicyclic) bond motifs is 4. The zero-order valence-electron chi connectivity index (χ0n) is 18.6. The van der Waals surface area contributed by atoms with E-state index in [4.69, 9.17) is 0 Å². The number of hydrogen-bond acceptors (Lipinski definition) is 5. The predicted octanol–water partition coefficient (Wildman–Crippen LogP) is 4.14. The number of hydrogen-bond donors (Lipinski definition) is 1. The summed E-state index contributed by atoms with van der Waals surface area (Å²) in [7, 11) is -2.26. The molecule has 1 aliphatic rings. The van der Waals surface area contributed by atoms with Crippen LogP contribution < -0.4 is 4.72 Å². The van der Waals surface area contributed by atoms with E-state index in [1.165, 1.54) is 12.1 Å². The third-order valence-corrected chi connectivity index (χ3v) is 7.18. The van der Waals surface area contributed by atoms with Gasteiger partial charge in [-0.2, -0.15) is 0 Å². The summed E-state index contributed by atoms with van der Waals surface area (Å²) in [6.07, 6.45) is 0.678. The minimum Gasteiger partial charge on any atom is -0.342 e. The van der Waals surface area contributed by atoms with E-state index in [0.717, 1.165) is 22.4 Å². The van der Waals surface area contributed by atoms with Crippen LogP contribution in [0.4, 0.5) is 5.95 Å². The van der Waals surface area contributed by atoms with E-state index >= 15 is 0 Å². The van der Waals surface area contributed by atoms with Crippen LogP contribution in [0.25, 0.3) is 11.3 Å². The largest absolute Gasteiger partial charge is 0.342 e. The van der Waals surface area contributed by atoms with E-state index in [1.54, 1.807) is 24.1 Å². The summed E-state index contributed by atoms with van der Waals surface area (Å²) in [6, 6.07) is 13.9. The number of carbonyl (C=O) groups is 1. The topological polar surface area (TPSA) is 92.3 Å². The molecule has 0 fully saturated rings. The van der Waals surface area contributed by atoms with Gasteiger partial charge in [0, 0.05) is 36.3 Å². The Balaban J connectivity index is 1.90. The Morgan fingerprint density at radius 2 is 1.72 bits per heavy atom. The van der Waals surface area contributed by atoms with Crippen molar-refractivity contribution in [3.8, 4) is 11.3 Å². The molecule has 1 N–H and O–H groups in total. The van der Waals surface area contributed by atoms with Crippen LogP contribution in [0.1, 0.15) is 46.4 Å². The Bertz CT molecular complexity index is 1280. The van der Waals surface area contributed by atoms with Crippen molar-refractivity contribution < 1.29 is 13.2 Å². The molecule has 0 saturated heterocycles. The van der Waals surface area contributed by atoms with Crippen molar-refractivity contribution in [2.75, 3.05) is 18.3 Å².